The molecule has 0 atom stereocenters. The van der Waals surface area contributed by atoms with Crippen LogP contribution in [0.25, 0.3) is 10.9 Å². The van der Waals surface area contributed by atoms with E-state index in [0.717, 1.165) is 20.8 Å². The zero-order valence-corrected chi connectivity index (χ0v) is 15.8. The second-order valence-corrected chi connectivity index (χ2v) is 7.87. The van der Waals surface area contributed by atoms with Gasteiger partial charge in [-0.2, -0.15) is 0 Å². The smallest absolute Gasteiger partial charge is 0.355 e. The highest BCUT2D eigenvalue weighted by Gasteiger charge is 2.27. The molecule has 0 radical (unpaired) electrons. The molecule has 0 spiro atoms. The molecule has 0 aliphatic heterocycles. The van der Waals surface area contributed by atoms with Gasteiger partial charge >= 0.3 is 5.97 Å². The molecule has 1 N–H and O–H groups in total. The summed E-state index contributed by atoms with van der Waals surface area (Å²) in [6, 6.07) is 11.6. The highest BCUT2D eigenvalue weighted by Crippen LogP contribution is 2.30. The van der Waals surface area contributed by atoms with E-state index in [-0.39, 0.29) is 10.6 Å². The van der Waals surface area contributed by atoms with Gasteiger partial charge in [-0.1, -0.05) is 17.7 Å². The van der Waals surface area contributed by atoms with Gasteiger partial charge in [-0.15, -0.1) is 0 Å². The Balaban J connectivity index is 2.38. The average Bonchev–Trinajstić information content (AvgIpc) is 2.99. The quantitative estimate of drug-likeness (QED) is 0.711. The number of rotatable bonds is 4. The van der Waals surface area contributed by atoms with E-state index in [9.17, 15) is 13.2 Å². The number of methoxy groups -OCH3 is 1. The highest BCUT2D eigenvalue weighted by atomic mass is 32.2. The number of carbonyl (C=O) groups excluding carboxylic acids is 1. The standard InChI is InChI=1S/C19H20N2O4S/c1-12-5-7-15(8-6-12)26(23,24)21-17-11-16(20-3)13(2)9-14(17)10-18(21)19(22)25-4/h5-11,20H,1-4H3. The second-order valence-electron chi connectivity index (χ2n) is 6.08. The maximum atomic E-state index is 13.3. The lowest BCUT2D eigenvalue weighted by Gasteiger charge is -2.12. The summed E-state index contributed by atoms with van der Waals surface area (Å²) in [7, 11) is -0.984. The summed E-state index contributed by atoms with van der Waals surface area (Å²) in [6.45, 7) is 3.79. The lowest BCUT2D eigenvalue weighted by molar-refractivity contribution is 0.0593. The number of hydrogen-bond acceptors (Lipinski definition) is 5. The Morgan fingerprint density at radius 1 is 1.08 bits per heavy atom. The predicted molar refractivity (Wildman–Crippen MR) is 101 cm³/mol. The molecule has 0 aliphatic rings. The molecule has 7 heteroatoms. The van der Waals surface area contributed by atoms with E-state index < -0.39 is 16.0 Å². The predicted octanol–water partition coefficient (Wildman–Crippen LogP) is 3.32. The minimum absolute atomic E-state index is 0.0317. The van der Waals surface area contributed by atoms with E-state index >= 15 is 0 Å². The van der Waals surface area contributed by atoms with Crippen molar-refractivity contribution >= 4 is 32.6 Å². The van der Waals surface area contributed by atoms with Crippen LogP contribution in [0.1, 0.15) is 21.6 Å². The highest BCUT2D eigenvalue weighted by molar-refractivity contribution is 7.90. The molecule has 136 valence electrons. The van der Waals surface area contributed by atoms with E-state index in [4.69, 9.17) is 4.74 Å². The summed E-state index contributed by atoms with van der Waals surface area (Å²) in [5.41, 5.74) is 3.06. The zero-order valence-electron chi connectivity index (χ0n) is 15.0. The van der Waals surface area contributed by atoms with E-state index in [1.54, 1.807) is 31.3 Å². The Bertz CT molecular complexity index is 1100. The van der Waals surface area contributed by atoms with E-state index in [0.29, 0.717) is 10.9 Å². The molecular formula is C19H20N2O4S. The van der Waals surface area contributed by atoms with Gasteiger partial charge in [0.25, 0.3) is 10.0 Å². The van der Waals surface area contributed by atoms with Crippen LogP contribution in [0.4, 0.5) is 5.69 Å². The number of ether oxygens (including phenoxy) is 1. The number of nitrogens with zero attached hydrogens (tertiary/aromatic N) is 1. The number of nitrogens with one attached hydrogen (secondary N) is 1. The molecule has 2 aromatic carbocycles. The number of hydrogen-bond donors (Lipinski definition) is 1. The summed E-state index contributed by atoms with van der Waals surface area (Å²) < 4.78 is 32.4. The van der Waals surface area contributed by atoms with Gasteiger partial charge in [0, 0.05) is 18.1 Å². The molecule has 1 heterocycles. The van der Waals surface area contributed by atoms with Crippen molar-refractivity contribution in [2.45, 2.75) is 18.7 Å². The summed E-state index contributed by atoms with van der Waals surface area (Å²) in [6.07, 6.45) is 0. The number of aryl methyl sites for hydroxylation is 2. The molecule has 26 heavy (non-hydrogen) atoms. The van der Waals surface area contributed by atoms with Crippen LogP contribution < -0.4 is 5.32 Å². The molecule has 3 rings (SSSR count). The van der Waals surface area contributed by atoms with Crippen molar-refractivity contribution in [2.75, 3.05) is 19.5 Å². The molecule has 0 amide bonds. The lowest BCUT2D eigenvalue weighted by atomic mass is 10.1. The second kappa shape index (κ2) is 6.49. The maximum Gasteiger partial charge on any atom is 0.355 e. The van der Waals surface area contributed by atoms with Crippen molar-refractivity contribution in [1.82, 2.24) is 3.97 Å². The van der Waals surface area contributed by atoms with Crippen LogP contribution >= 0.6 is 0 Å². The van der Waals surface area contributed by atoms with Crippen molar-refractivity contribution in [3.63, 3.8) is 0 Å². The fraction of sp³-hybridized carbons (Fsp3) is 0.211. The van der Waals surface area contributed by atoms with E-state index in [1.807, 2.05) is 19.9 Å². The van der Waals surface area contributed by atoms with E-state index in [2.05, 4.69) is 5.32 Å². The van der Waals surface area contributed by atoms with Crippen molar-refractivity contribution in [2.24, 2.45) is 0 Å². The lowest BCUT2D eigenvalue weighted by Crippen LogP contribution is -2.19. The molecule has 0 fully saturated rings. The normalized spacial score (nSPS) is 11.5. The van der Waals surface area contributed by atoms with Crippen molar-refractivity contribution in [1.29, 1.82) is 0 Å². The number of carbonyl (C=O) groups is 1. The Hall–Kier alpha value is -2.80. The molecule has 0 unspecified atom stereocenters. The van der Waals surface area contributed by atoms with Crippen LogP contribution in [0.5, 0.6) is 0 Å². The van der Waals surface area contributed by atoms with Crippen LogP contribution in [0, 0.1) is 13.8 Å². The van der Waals surface area contributed by atoms with Gasteiger partial charge in [0.2, 0.25) is 0 Å². The Morgan fingerprint density at radius 3 is 2.31 bits per heavy atom. The zero-order chi connectivity index (χ0) is 19.1. The summed E-state index contributed by atoms with van der Waals surface area (Å²) in [5.74, 6) is -0.708. The van der Waals surface area contributed by atoms with Crippen LogP contribution in [0.15, 0.2) is 47.4 Å². The molecule has 3 aromatic rings. The third kappa shape index (κ3) is 2.84. The summed E-state index contributed by atoms with van der Waals surface area (Å²) >= 11 is 0. The molecule has 0 saturated heterocycles. The van der Waals surface area contributed by atoms with Gasteiger partial charge in [0.1, 0.15) is 5.69 Å². The van der Waals surface area contributed by atoms with Crippen LogP contribution in [-0.2, 0) is 14.8 Å². The molecule has 0 saturated carbocycles. The third-order valence-corrected chi connectivity index (χ3v) is 6.07. The Kier molecular flexibility index (Phi) is 4.50. The van der Waals surface area contributed by atoms with Gasteiger partial charge in [-0.25, -0.2) is 17.2 Å². The van der Waals surface area contributed by atoms with Gasteiger partial charge < -0.3 is 10.1 Å². The van der Waals surface area contributed by atoms with Gasteiger partial charge in [0.05, 0.1) is 17.5 Å². The number of benzene rings is 2. The van der Waals surface area contributed by atoms with E-state index in [1.165, 1.54) is 19.2 Å². The minimum atomic E-state index is -3.97. The van der Waals surface area contributed by atoms with Crippen molar-refractivity contribution in [3.05, 3.63) is 59.3 Å². The fourth-order valence-corrected chi connectivity index (χ4v) is 4.43. The van der Waals surface area contributed by atoms with Crippen LogP contribution in [0.3, 0.4) is 0 Å². The number of fused-ring (bicyclic) bond motifs is 1. The van der Waals surface area contributed by atoms with Crippen molar-refractivity contribution < 1.29 is 17.9 Å². The largest absolute Gasteiger partial charge is 0.464 e. The monoisotopic (exact) mass is 372 g/mol. The van der Waals surface area contributed by atoms with Crippen molar-refractivity contribution in [3.8, 4) is 0 Å². The topological polar surface area (TPSA) is 77.4 Å². The SMILES string of the molecule is CNc1cc2c(cc1C)cc(C(=O)OC)n2S(=O)(=O)c1ccc(C)cc1. The molecular weight excluding hydrogens is 352 g/mol. The first-order valence-corrected chi connectivity index (χ1v) is 9.48. The molecule has 1 aromatic heterocycles. The molecule has 6 nitrogen and oxygen atoms in total. The molecule has 0 aliphatic carbocycles. The van der Waals surface area contributed by atoms with Crippen LogP contribution in [0.2, 0.25) is 0 Å². The average molecular weight is 372 g/mol. The molecule has 0 bridgehead atoms. The minimum Gasteiger partial charge on any atom is -0.464 e. The first kappa shape index (κ1) is 18.0. The third-order valence-electron chi connectivity index (χ3n) is 4.33. The number of esters is 1. The first-order valence-electron chi connectivity index (χ1n) is 8.04. The Morgan fingerprint density at radius 2 is 1.73 bits per heavy atom. The summed E-state index contributed by atoms with van der Waals surface area (Å²) in [4.78, 5) is 12.4. The van der Waals surface area contributed by atoms with Gasteiger partial charge in [0.15, 0.2) is 0 Å². The van der Waals surface area contributed by atoms with Gasteiger partial charge in [-0.3, -0.25) is 0 Å². The number of aromatic nitrogens is 1. The van der Waals surface area contributed by atoms with Crippen LogP contribution in [-0.4, -0.2) is 32.5 Å². The fourth-order valence-electron chi connectivity index (χ4n) is 2.94. The Labute approximate surface area is 152 Å². The first-order chi connectivity index (χ1) is 12.3. The number of anilines is 1. The summed E-state index contributed by atoms with van der Waals surface area (Å²) in [5, 5.41) is 3.69. The van der Waals surface area contributed by atoms with Gasteiger partial charge in [-0.05, 0) is 49.7 Å². The maximum absolute atomic E-state index is 13.3.